The fourth-order valence-electron chi connectivity index (χ4n) is 4.92. The van der Waals surface area contributed by atoms with Crippen LogP contribution in [0.15, 0.2) is 73.1 Å². The number of aromatic nitrogens is 2. The Balaban J connectivity index is 1.84. The monoisotopic (exact) mass is 432 g/mol. The molecule has 5 aromatic rings. The van der Waals surface area contributed by atoms with Crippen LogP contribution in [-0.4, -0.2) is 9.97 Å². The fraction of sp³-hybridized carbons (Fsp3) is 0.290. The summed E-state index contributed by atoms with van der Waals surface area (Å²) < 4.78 is 0. The zero-order valence-electron chi connectivity index (χ0n) is 20.5. The third kappa shape index (κ3) is 3.99. The molecule has 0 N–H and O–H groups in total. The van der Waals surface area contributed by atoms with Crippen molar-refractivity contribution < 1.29 is 0 Å². The van der Waals surface area contributed by atoms with Gasteiger partial charge >= 0.3 is 0 Å². The van der Waals surface area contributed by atoms with E-state index < -0.39 is 0 Å². The van der Waals surface area contributed by atoms with Crippen molar-refractivity contribution in [3.05, 3.63) is 84.3 Å². The lowest BCUT2D eigenvalue weighted by Gasteiger charge is -2.23. The molecular weight excluding hydrogens is 400 g/mol. The molecule has 0 aliphatic heterocycles. The second kappa shape index (κ2) is 7.66. The standard InChI is InChI=1S/C31H32N2/c1-30(2,3)19-27-24-12-11-20-13-15-33-29(28(20)25(24)14-16-32-27)22-17-21-9-7-8-10-23(21)26(18-22)31(4,5)6/h7-18H,19H2,1-6H3. The molecule has 0 bridgehead atoms. The molecule has 5 rings (SSSR count). The van der Waals surface area contributed by atoms with E-state index in [-0.39, 0.29) is 10.8 Å². The van der Waals surface area contributed by atoms with E-state index in [0.717, 1.165) is 17.8 Å². The van der Waals surface area contributed by atoms with Gasteiger partial charge in [-0.15, -0.1) is 0 Å². The molecule has 2 heterocycles. The summed E-state index contributed by atoms with van der Waals surface area (Å²) in [6.45, 7) is 13.7. The molecule has 0 saturated carbocycles. The molecule has 166 valence electrons. The first-order valence-electron chi connectivity index (χ1n) is 11.8. The van der Waals surface area contributed by atoms with Crippen molar-refractivity contribution in [2.24, 2.45) is 5.41 Å². The van der Waals surface area contributed by atoms with Gasteiger partial charge in [-0.2, -0.15) is 0 Å². The molecule has 2 nitrogen and oxygen atoms in total. The Labute approximate surface area is 196 Å². The molecule has 2 aromatic heterocycles. The predicted octanol–water partition coefficient (Wildman–Crippen LogP) is 8.49. The summed E-state index contributed by atoms with van der Waals surface area (Å²) in [5, 5.41) is 7.46. The molecule has 0 aliphatic rings. The van der Waals surface area contributed by atoms with Gasteiger partial charge in [0.2, 0.25) is 0 Å². The third-order valence-corrected chi connectivity index (χ3v) is 6.40. The van der Waals surface area contributed by atoms with Gasteiger partial charge in [0.1, 0.15) is 0 Å². The van der Waals surface area contributed by atoms with Crippen molar-refractivity contribution in [3.63, 3.8) is 0 Å². The quantitative estimate of drug-likeness (QED) is 0.261. The first-order valence-corrected chi connectivity index (χ1v) is 11.8. The van der Waals surface area contributed by atoms with E-state index in [4.69, 9.17) is 9.97 Å². The van der Waals surface area contributed by atoms with Gasteiger partial charge in [-0.25, -0.2) is 0 Å². The summed E-state index contributed by atoms with van der Waals surface area (Å²) >= 11 is 0. The Morgan fingerprint density at radius 3 is 2.18 bits per heavy atom. The van der Waals surface area contributed by atoms with E-state index >= 15 is 0 Å². The lowest BCUT2D eigenvalue weighted by molar-refractivity contribution is 0.408. The third-order valence-electron chi connectivity index (χ3n) is 6.40. The fourth-order valence-corrected chi connectivity index (χ4v) is 4.92. The molecule has 0 amide bonds. The molecule has 0 radical (unpaired) electrons. The Morgan fingerprint density at radius 2 is 1.42 bits per heavy atom. The van der Waals surface area contributed by atoms with Crippen LogP contribution in [0.2, 0.25) is 0 Å². The average Bonchev–Trinajstić information content (AvgIpc) is 2.76. The Bertz CT molecular complexity index is 1500. The second-order valence-electron chi connectivity index (χ2n) is 11.4. The van der Waals surface area contributed by atoms with Gasteiger partial charge in [-0.05, 0) is 68.6 Å². The van der Waals surface area contributed by atoms with Crippen molar-refractivity contribution in [2.45, 2.75) is 53.4 Å². The minimum atomic E-state index is 0.0338. The van der Waals surface area contributed by atoms with Gasteiger partial charge in [0.15, 0.2) is 0 Å². The second-order valence-corrected chi connectivity index (χ2v) is 11.4. The summed E-state index contributed by atoms with van der Waals surface area (Å²) in [6, 6.07) is 22.1. The highest BCUT2D eigenvalue weighted by Gasteiger charge is 2.20. The summed E-state index contributed by atoms with van der Waals surface area (Å²) in [6.07, 6.45) is 4.84. The lowest BCUT2D eigenvalue weighted by Crippen LogP contribution is -2.12. The smallest absolute Gasteiger partial charge is 0.0786 e. The van der Waals surface area contributed by atoms with Crippen LogP contribution in [0.1, 0.15) is 52.8 Å². The molecule has 0 spiro atoms. The summed E-state index contributed by atoms with van der Waals surface area (Å²) in [4.78, 5) is 9.71. The van der Waals surface area contributed by atoms with Crippen LogP contribution in [0.25, 0.3) is 43.6 Å². The normalized spacial score (nSPS) is 12.7. The average molecular weight is 433 g/mol. The molecule has 33 heavy (non-hydrogen) atoms. The number of benzene rings is 3. The van der Waals surface area contributed by atoms with E-state index in [9.17, 15) is 0 Å². The van der Waals surface area contributed by atoms with Crippen molar-refractivity contribution in [1.82, 2.24) is 9.97 Å². The van der Waals surface area contributed by atoms with Crippen molar-refractivity contribution in [3.8, 4) is 11.3 Å². The Morgan fingerprint density at radius 1 is 0.667 bits per heavy atom. The number of rotatable bonds is 2. The molecular formula is C31H32N2. The number of fused-ring (bicyclic) bond motifs is 4. The van der Waals surface area contributed by atoms with Crippen molar-refractivity contribution in [1.29, 1.82) is 0 Å². The van der Waals surface area contributed by atoms with E-state index in [1.165, 1.54) is 43.4 Å². The molecule has 0 unspecified atom stereocenters. The van der Waals surface area contributed by atoms with E-state index in [0.29, 0.717) is 0 Å². The number of hydrogen-bond acceptors (Lipinski definition) is 2. The SMILES string of the molecule is CC(C)(C)Cc1nccc2c1ccc1ccnc(-c3cc(C(C)(C)C)c4ccccc4c3)c12. The van der Waals surface area contributed by atoms with Gasteiger partial charge in [0.05, 0.1) is 5.69 Å². The molecule has 3 aromatic carbocycles. The summed E-state index contributed by atoms with van der Waals surface area (Å²) in [5.74, 6) is 0. The predicted molar refractivity (Wildman–Crippen MR) is 142 cm³/mol. The van der Waals surface area contributed by atoms with Gasteiger partial charge < -0.3 is 0 Å². The molecule has 0 saturated heterocycles. The van der Waals surface area contributed by atoms with Gasteiger partial charge in [0.25, 0.3) is 0 Å². The minimum absolute atomic E-state index is 0.0338. The van der Waals surface area contributed by atoms with Crippen LogP contribution < -0.4 is 0 Å². The molecule has 0 fully saturated rings. The highest BCUT2D eigenvalue weighted by Crippen LogP contribution is 2.39. The lowest BCUT2D eigenvalue weighted by atomic mass is 9.82. The maximum Gasteiger partial charge on any atom is 0.0786 e. The highest BCUT2D eigenvalue weighted by atomic mass is 14.7. The van der Waals surface area contributed by atoms with Crippen molar-refractivity contribution >= 4 is 32.3 Å². The van der Waals surface area contributed by atoms with Gasteiger partial charge in [0, 0.05) is 34.4 Å². The zero-order valence-corrected chi connectivity index (χ0v) is 20.5. The van der Waals surface area contributed by atoms with Crippen LogP contribution >= 0.6 is 0 Å². The van der Waals surface area contributed by atoms with Crippen molar-refractivity contribution in [2.75, 3.05) is 0 Å². The largest absolute Gasteiger partial charge is 0.261 e. The minimum Gasteiger partial charge on any atom is -0.261 e. The van der Waals surface area contributed by atoms with Crippen LogP contribution in [0.4, 0.5) is 0 Å². The van der Waals surface area contributed by atoms with Crippen LogP contribution in [0.5, 0.6) is 0 Å². The van der Waals surface area contributed by atoms with Crippen LogP contribution in [0.3, 0.4) is 0 Å². The van der Waals surface area contributed by atoms with E-state index in [2.05, 4.69) is 102 Å². The van der Waals surface area contributed by atoms with Gasteiger partial charge in [-0.1, -0.05) is 77.9 Å². The first kappa shape index (κ1) is 21.6. The van der Waals surface area contributed by atoms with E-state index in [1.54, 1.807) is 0 Å². The molecule has 2 heteroatoms. The number of pyridine rings is 2. The Hall–Kier alpha value is -3.26. The zero-order chi connectivity index (χ0) is 23.4. The highest BCUT2D eigenvalue weighted by molar-refractivity contribution is 6.14. The Kier molecular flexibility index (Phi) is 5.01. The molecule has 0 atom stereocenters. The maximum atomic E-state index is 4.94. The molecule has 0 aliphatic carbocycles. The maximum absolute atomic E-state index is 4.94. The van der Waals surface area contributed by atoms with Gasteiger partial charge in [-0.3, -0.25) is 9.97 Å². The van der Waals surface area contributed by atoms with E-state index in [1.807, 2.05) is 12.4 Å². The first-order chi connectivity index (χ1) is 15.6. The topological polar surface area (TPSA) is 25.8 Å². The number of hydrogen-bond donors (Lipinski definition) is 0. The van der Waals surface area contributed by atoms with Crippen LogP contribution in [0, 0.1) is 5.41 Å². The van der Waals surface area contributed by atoms with Crippen LogP contribution in [-0.2, 0) is 11.8 Å². The number of nitrogens with zero attached hydrogens (tertiary/aromatic N) is 2. The summed E-state index contributed by atoms with van der Waals surface area (Å²) in [5.41, 5.74) is 4.93. The summed E-state index contributed by atoms with van der Waals surface area (Å²) in [7, 11) is 0.